The molecule has 3 N–H and O–H groups in total. The number of phenolic OH excluding ortho intramolecular Hbond substituents is 3. The highest BCUT2D eigenvalue weighted by molar-refractivity contribution is 9.10. The molecule has 0 aliphatic heterocycles. The number of rotatable bonds is 6. The molecule has 0 atom stereocenters. The minimum Gasteiger partial charge on any atom is -0.507 e. The zero-order chi connectivity index (χ0) is 30.7. The van der Waals surface area contributed by atoms with Gasteiger partial charge in [-0.1, -0.05) is 86.8 Å². The maximum Gasteiger partial charge on any atom is 0.153 e. The molecule has 0 heterocycles. The van der Waals surface area contributed by atoms with Gasteiger partial charge >= 0.3 is 0 Å². The van der Waals surface area contributed by atoms with Crippen molar-refractivity contribution in [2.24, 2.45) is 0 Å². The number of benzene rings is 4. The van der Waals surface area contributed by atoms with E-state index < -0.39 is 0 Å². The summed E-state index contributed by atoms with van der Waals surface area (Å²) >= 11 is 24.0. The van der Waals surface area contributed by atoms with Gasteiger partial charge < -0.3 is 20.1 Å². The third-order valence-corrected chi connectivity index (χ3v) is 8.32. The molecule has 224 valence electrons. The Morgan fingerprint density at radius 2 is 1.21 bits per heavy atom. The smallest absolute Gasteiger partial charge is 0.153 e. The minimum absolute atomic E-state index is 0. The zero-order valence-electron chi connectivity index (χ0n) is 21.8. The van der Waals surface area contributed by atoms with Gasteiger partial charge in [0, 0.05) is 27.0 Å². The number of aromatic hydroxyl groups is 3. The lowest BCUT2D eigenvalue weighted by Crippen LogP contribution is -1.99. The monoisotopic (exact) mass is 760 g/mol. The van der Waals surface area contributed by atoms with Gasteiger partial charge in [-0.05, 0) is 60.4 Å². The molecule has 0 fully saturated rings. The quantitative estimate of drug-likeness (QED) is 0.133. The number of hydrogen-bond donors (Lipinski definition) is 3. The molecule has 0 aliphatic rings. The van der Waals surface area contributed by atoms with Crippen LogP contribution in [0.4, 0.5) is 0 Å². The fourth-order valence-electron chi connectivity index (χ4n) is 3.18. The standard InChI is InChI=1S/C15H12BrClO3.C8H8BrCl.C7H5ClO3.CH4/c1-9-10(3-2-4-12(9)16)8-20-15-6-14(19)11(7-18)5-13(15)17;1-6-7(5-10)3-2-4-8(6)9;8-5-1-4(3-9)6(10)2-7(5)11;/h2-7,19H,8H2,1H3;2-4H,5H2,1H3;1-3,10-11H;1H4. The highest BCUT2D eigenvalue weighted by atomic mass is 79.9. The summed E-state index contributed by atoms with van der Waals surface area (Å²) in [4.78, 5) is 20.9. The average Bonchev–Trinajstić information content (AvgIpc) is 2.95. The summed E-state index contributed by atoms with van der Waals surface area (Å²) in [5.41, 5.74) is 4.72. The van der Waals surface area contributed by atoms with Crippen molar-refractivity contribution >= 4 is 79.2 Å². The van der Waals surface area contributed by atoms with Gasteiger partial charge in [0.15, 0.2) is 12.6 Å². The molecule has 0 spiro atoms. The van der Waals surface area contributed by atoms with Crippen LogP contribution in [0.25, 0.3) is 0 Å². The van der Waals surface area contributed by atoms with E-state index >= 15 is 0 Å². The van der Waals surface area contributed by atoms with Gasteiger partial charge in [-0.15, -0.1) is 11.6 Å². The highest BCUT2D eigenvalue weighted by Gasteiger charge is 2.10. The van der Waals surface area contributed by atoms with Crippen molar-refractivity contribution in [3.8, 4) is 23.0 Å². The van der Waals surface area contributed by atoms with Crippen molar-refractivity contribution in [1.82, 2.24) is 0 Å². The molecule has 0 aromatic heterocycles. The second kappa shape index (κ2) is 18.0. The second-order valence-corrected chi connectivity index (χ2v) is 11.2. The predicted molar refractivity (Wildman–Crippen MR) is 177 cm³/mol. The van der Waals surface area contributed by atoms with Crippen LogP contribution in [0, 0.1) is 13.8 Å². The van der Waals surface area contributed by atoms with E-state index in [0.717, 1.165) is 26.1 Å². The van der Waals surface area contributed by atoms with Crippen molar-refractivity contribution in [3.63, 3.8) is 0 Å². The first-order chi connectivity index (χ1) is 19.4. The van der Waals surface area contributed by atoms with Crippen LogP contribution in [0.15, 0.2) is 69.6 Å². The molecule has 0 saturated heterocycles. The Morgan fingerprint density at radius 3 is 1.71 bits per heavy atom. The molecular formula is C31H29Br2Cl3O6. The van der Waals surface area contributed by atoms with Gasteiger partial charge in [0.25, 0.3) is 0 Å². The van der Waals surface area contributed by atoms with Gasteiger partial charge in [0.1, 0.15) is 29.6 Å². The molecule has 4 rings (SSSR count). The van der Waals surface area contributed by atoms with Gasteiger partial charge in [0.2, 0.25) is 0 Å². The van der Waals surface area contributed by atoms with Gasteiger partial charge in [-0.3, -0.25) is 9.59 Å². The van der Waals surface area contributed by atoms with Crippen LogP contribution in [0.3, 0.4) is 0 Å². The molecule has 6 nitrogen and oxygen atoms in total. The Balaban J connectivity index is 0.000000341. The van der Waals surface area contributed by atoms with Crippen LogP contribution in [-0.2, 0) is 12.5 Å². The molecule has 42 heavy (non-hydrogen) atoms. The Morgan fingerprint density at radius 1 is 0.738 bits per heavy atom. The number of aldehydes is 2. The van der Waals surface area contributed by atoms with Gasteiger partial charge in [-0.2, -0.15) is 0 Å². The van der Waals surface area contributed by atoms with E-state index in [9.17, 15) is 14.7 Å². The van der Waals surface area contributed by atoms with Crippen molar-refractivity contribution in [3.05, 3.63) is 113 Å². The lowest BCUT2D eigenvalue weighted by molar-refractivity contribution is 0.111. The third-order valence-electron chi connectivity index (χ3n) is 5.72. The van der Waals surface area contributed by atoms with E-state index in [1.54, 1.807) is 0 Å². The van der Waals surface area contributed by atoms with E-state index in [4.69, 9.17) is 49.8 Å². The molecule has 0 bridgehead atoms. The molecular weight excluding hydrogens is 735 g/mol. The van der Waals surface area contributed by atoms with Crippen LogP contribution in [0.1, 0.15) is 50.4 Å². The third kappa shape index (κ3) is 10.5. The number of hydrogen-bond acceptors (Lipinski definition) is 6. The fourth-order valence-corrected chi connectivity index (χ4v) is 4.69. The Labute approximate surface area is 277 Å². The number of carbonyl (C=O) groups excluding carboxylic acids is 2. The molecule has 0 aliphatic carbocycles. The Kier molecular flexibility index (Phi) is 16.0. The van der Waals surface area contributed by atoms with Crippen LogP contribution < -0.4 is 4.74 Å². The fraction of sp³-hybridized carbons (Fsp3) is 0.161. The normalized spacial score (nSPS) is 9.79. The number of alkyl halides is 1. The molecule has 0 unspecified atom stereocenters. The number of ether oxygens (including phenoxy) is 1. The minimum atomic E-state index is -0.276. The van der Waals surface area contributed by atoms with E-state index in [2.05, 4.69) is 38.8 Å². The Hall–Kier alpha value is -2.75. The summed E-state index contributed by atoms with van der Waals surface area (Å²) < 4.78 is 7.74. The van der Waals surface area contributed by atoms with Crippen molar-refractivity contribution in [2.75, 3.05) is 0 Å². The maximum atomic E-state index is 10.7. The predicted octanol–water partition coefficient (Wildman–Crippen LogP) is 10.2. The van der Waals surface area contributed by atoms with E-state index in [-0.39, 0.29) is 45.8 Å². The average molecular weight is 764 g/mol. The first-order valence-electron chi connectivity index (χ1n) is 11.7. The zero-order valence-corrected chi connectivity index (χ0v) is 27.2. The SMILES string of the molecule is C.Cc1c(Br)cccc1CCl.Cc1c(Br)cccc1COc1cc(O)c(C=O)cc1Cl.O=Cc1cc(Cl)c(O)cc1O. The summed E-state index contributed by atoms with van der Waals surface area (Å²) in [5.74, 6) is 0.266. The first-order valence-corrected chi connectivity index (χ1v) is 14.6. The van der Waals surface area contributed by atoms with Crippen molar-refractivity contribution in [1.29, 1.82) is 0 Å². The van der Waals surface area contributed by atoms with Crippen molar-refractivity contribution < 1.29 is 29.6 Å². The van der Waals surface area contributed by atoms with Gasteiger partial charge in [-0.25, -0.2) is 0 Å². The molecule has 4 aromatic carbocycles. The number of carbonyl (C=O) groups is 2. The summed E-state index contributed by atoms with van der Waals surface area (Å²) in [6.45, 7) is 4.37. The summed E-state index contributed by atoms with van der Waals surface area (Å²) in [6.07, 6.45) is 1.00. The Bertz CT molecular complexity index is 1530. The van der Waals surface area contributed by atoms with Crippen LogP contribution in [-0.4, -0.2) is 27.9 Å². The highest BCUT2D eigenvalue weighted by Crippen LogP contribution is 2.32. The first kappa shape index (κ1) is 37.3. The maximum absolute atomic E-state index is 10.7. The number of halogens is 5. The van der Waals surface area contributed by atoms with Crippen LogP contribution in [0.2, 0.25) is 10.0 Å². The van der Waals surface area contributed by atoms with Crippen LogP contribution in [0.5, 0.6) is 23.0 Å². The van der Waals surface area contributed by atoms with Crippen LogP contribution >= 0.6 is 66.7 Å². The molecule has 0 amide bonds. The topological polar surface area (TPSA) is 104 Å². The molecule has 4 aromatic rings. The lowest BCUT2D eigenvalue weighted by atomic mass is 10.1. The summed E-state index contributed by atoms with van der Waals surface area (Å²) in [5, 5.41) is 27.8. The van der Waals surface area contributed by atoms with Gasteiger partial charge in [0.05, 0.1) is 21.2 Å². The number of phenols is 3. The molecule has 0 saturated carbocycles. The van der Waals surface area contributed by atoms with E-state index in [0.29, 0.717) is 30.8 Å². The van der Waals surface area contributed by atoms with E-state index in [1.165, 1.54) is 29.3 Å². The van der Waals surface area contributed by atoms with E-state index in [1.807, 2.05) is 43.3 Å². The summed E-state index contributed by atoms with van der Waals surface area (Å²) in [6, 6.07) is 16.8. The molecule has 11 heteroatoms. The summed E-state index contributed by atoms with van der Waals surface area (Å²) in [7, 11) is 0. The largest absolute Gasteiger partial charge is 0.507 e. The second-order valence-electron chi connectivity index (χ2n) is 8.41. The molecule has 0 radical (unpaired) electrons. The lowest BCUT2D eigenvalue weighted by Gasteiger charge is -2.12. The van der Waals surface area contributed by atoms with Crippen molar-refractivity contribution in [2.45, 2.75) is 33.8 Å².